The van der Waals surface area contributed by atoms with E-state index in [1.165, 1.54) is 0 Å². The number of rotatable bonds is 5. The maximum absolute atomic E-state index is 11.9. The number of hydrogen-bond acceptors (Lipinski definition) is 4. The molecule has 0 aliphatic carbocycles. The van der Waals surface area contributed by atoms with Gasteiger partial charge in [-0.15, -0.1) is 0 Å². The van der Waals surface area contributed by atoms with E-state index in [4.69, 9.17) is 10.2 Å². The van der Waals surface area contributed by atoms with Gasteiger partial charge >= 0.3 is 0 Å². The van der Waals surface area contributed by atoms with Crippen LogP contribution < -0.4 is 11.1 Å². The number of oxazole rings is 1. The number of hydrogen-bond donors (Lipinski definition) is 2. The van der Waals surface area contributed by atoms with Gasteiger partial charge in [0.2, 0.25) is 11.8 Å². The van der Waals surface area contributed by atoms with E-state index in [2.05, 4.69) is 10.3 Å². The molecule has 1 aromatic carbocycles. The Labute approximate surface area is 118 Å². The maximum atomic E-state index is 11.9. The molecule has 3 N–H and O–H groups in total. The average molecular weight is 273 g/mol. The van der Waals surface area contributed by atoms with E-state index in [-0.39, 0.29) is 11.9 Å². The molecule has 0 radical (unpaired) electrons. The second-order valence-corrected chi connectivity index (χ2v) is 4.84. The summed E-state index contributed by atoms with van der Waals surface area (Å²) in [5.74, 6) is 1.25. The molecule has 0 saturated heterocycles. The Bertz CT molecular complexity index is 575. The van der Waals surface area contributed by atoms with Crippen LogP contribution in [0, 0.1) is 6.92 Å². The third-order valence-corrected chi connectivity index (χ3v) is 3.01. The first kappa shape index (κ1) is 14.1. The fraction of sp³-hybridized carbons (Fsp3) is 0.333. The Morgan fingerprint density at radius 1 is 1.40 bits per heavy atom. The van der Waals surface area contributed by atoms with Crippen molar-refractivity contribution in [2.45, 2.75) is 32.7 Å². The standard InChI is InChI=1S/C15H19N3O2/c1-10-9-17-15(20-10)11(2)18-14(19)8-5-12-3-6-13(16)7-4-12/h3-4,6-7,9,11H,5,8,16H2,1-2H3,(H,18,19). The highest BCUT2D eigenvalue weighted by molar-refractivity contribution is 5.76. The topological polar surface area (TPSA) is 81.2 Å². The van der Waals surface area contributed by atoms with Crippen LogP contribution in [-0.4, -0.2) is 10.9 Å². The number of anilines is 1. The minimum absolute atomic E-state index is 0.0230. The summed E-state index contributed by atoms with van der Waals surface area (Å²) in [4.78, 5) is 16.0. The van der Waals surface area contributed by atoms with E-state index in [0.29, 0.717) is 18.7 Å². The van der Waals surface area contributed by atoms with Crippen LogP contribution in [0.2, 0.25) is 0 Å². The number of nitrogen functional groups attached to an aromatic ring is 1. The molecule has 1 unspecified atom stereocenters. The van der Waals surface area contributed by atoms with Crippen LogP contribution >= 0.6 is 0 Å². The van der Waals surface area contributed by atoms with Crippen molar-refractivity contribution >= 4 is 11.6 Å². The third-order valence-electron chi connectivity index (χ3n) is 3.01. The molecule has 1 atom stereocenters. The highest BCUT2D eigenvalue weighted by Crippen LogP contribution is 2.13. The molecule has 0 aliphatic heterocycles. The van der Waals surface area contributed by atoms with Gasteiger partial charge in [0, 0.05) is 12.1 Å². The van der Waals surface area contributed by atoms with Crippen molar-refractivity contribution in [3.63, 3.8) is 0 Å². The zero-order valence-corrected chi connectivity index (χ0v) is 11.7. The number of nitrogens with two attached hydrogens (primary N) is 1. The maximum Gasteiger partial charge on any atom is 0.220 e. The summed E-state index contributed by atoms with van der Waals surface area (Å²) >= 11 is 0. The monoisotopic (exact) mass is 273 g/mol. The molecule has 0 fully saturated rings. The molecule has 0 spiro atoms. The fourth-order valence-corrected chi connectivity index (χ4v) is 1.89. The summed E-state index contributed by atoms with van der Waals surface area (Å²) in [5.41, 5.74) is 7.44. The van der Waals surface area contributed by atoms with Crippen molar-refractivity contribution in [1.82, 2.24) is 10.3 Å². The van der Waals surface area contributed by atoms with Crippen molar-refractivity contribution in [1.29, 1.82) is 0 Å². The number of nitrogens with one attached hydrogen (secondary N) is 1. The van der Waals surface area contributed by atoms with E-state index in [9.17, 15) is 4.79 Å². The Hall–Kier alpha value is -2.30. The molecule has 0 bridgehead atoms. The van der Waals surface area contributed by atoms with Gasteiger partial charge in [-0.25, -0.2) is 4.98 Å². The lowest BCUT2D eigenvalue weighted by Crippen LogP contribution is -2.27. The van der Waals surface area contributed by atoms with E-state index in [1.54, 1.807) is 6.20 Å². The van der Waals surface area contributed by atoms with Crippen LogP contribution in [-0.2, 0) is 11.2 Å². The Morgan fingerprint density at radius 2 is 2.10 bits per heavy atom. The Balaban J connectivity index is 1.82. The first-order valence-corrected chi connectivity index (χ1v) is 6.60. The van der Waals surface area contributed by atoms with Crippen LogP contribution in [0.1, 0.15) is 36.6 Å². The second kappa shape index (κ2) is 6.23. The molecule has 20 heavy (non-hydrogen) atoms. The lowest BCUT2D eigenvalue weighted by atomic mass is 10.1. The Morgan fingerprint density at radius 3 is 2.70 bits per heavy atom. The van der Waals surface area contributed by atoms with Gasteiger partial charge in [-0.05, 0) is 38.0 Å². The first-order chi connectivity index (χ1) is 9.54. The lowest BCUT2D eigenvalue weighted by Gasteiger charge is -2.10. The molecule has 2 aromatic rings. The smallest absolute Gasteiger partial charge is 0.220 e. The van der Waals surface area contributed by atoms with Crippen molar-refractivity contribution in [2.75, 3.05) is 5.73 Å². The van der Waals surface area contributed by atoms with Crippen LogP contribution in [0.4, 0.5) is 5.69 Å². The fourth-order valence-electron chi connectivity index (χ4n) is 1.89. The van der Waals surface area contributed by atoms with Gasteiger partial charge in [-0.2, -0.15) is 0 Å². The first-order valence-electron chi connectivity index (χ1n) is 6.60. The van der Waals surface area contributed by atoms with Crippen LogP contribution in [0.15, 0.2) is 34.9 Å². The Kier molecular flexibility index (Phi) is 4.40. The van der Waals surface area contributed by atoms with Crippen LogP contribution in [0.25, 0.3) is 0 Å². The van der Waals surface area contributed by atoms with Crippen LogP contribution in [0.3, 0.4) is 0 Å². The minimum Gasteiger partial charge on any atom is -0.444 e. The average Bonchev–Trinajstić information content (AvgIpc) is 2.85. The van der Waals surface area contributed by atoms with E-state index in [0.717, 1.165) is 17.0 Å². The van der Waals surface area contributed by atoms with Crippen molar-refractivity contribution in [2.24, 2.45) is 0 Å². The molecule has 1 amide bonds. The predicted molar refractivity (Wildman–Crippen MR) is 77.0 cm³/mol. The summed E-state index contributed by atoms with van der Waals surface area (Å²) in [6.07, 6.45) is 2.75. The van der Waals surface area contributed by atoms with Gasteiger partial charge < -0.3 is 15.5 Å². The van der Waals surface area contributed by atoms with Crippen molar-refractivity contribution in [3.05, 3.63) is 47.7 Å². The van der Waals surface area contributed by atoms with E-state index < -0.39 is 0 Å². The number of nitrogens with zero attached hydrogens (tertiary/aromatic N) is 1. The van der Waals surface area contributed by atoms with Crippen molar-refractivity contribution < 1.29 is 9.21 Å². The molecule has 0 saturated carbocycles. The zero-order chi connectivity index (χ0) is 14.5. The summed E-state index contributed by atoms with van der Waals surface area (Å²) in [6.45, 7) is 3.68. The molecule has 0 aliphatic rings. The molecule has 1 heterocycles. The molecule has 106 valence electrons. The van der Waals surface area contributed by atoms with E-state index >= 15 is 0 Å². The van der Waals surface area contributed by atoms with Gasteiger partial charge in [0.15, 0.2) is 0 Å². The molecular formula is C15H19N3O2. The molecule has 5 nitrogen and oxygen atoms in total. The number of carbonyl (C=O) groups is 1. The largest absolute Gasteiger partial charge is 0.444 e. The zero-order valence-electron chi connectivity index (χ0n) is 11.7. The van der Waals surface area contributed by atoms with Gasteiger partial charge in [0.05, 0.1) is 6.20 Å². The van der Waals surface area contributed by atoms with E-state index in [1.807, 2.05) is 38.1 Å². The highest BCUT2D eigenvalue weighted by atomic mass is 16.4. The number of carbonyl (C=O) groups excluding carboxylic acids is 1. The SMILES string of the molecule is Cc1cnc(C(C)NC(=O)CCc2ccc(N)cc2)o1. The third kappa shape index (κ3) is 3.85. The molecule has 2 rings (SSSR count). The van der Waals surface area contributed by atoms with Gasteiger partial charge in [-0.3, -0.25) is 4.79 Å². The molecular weight excluding hydrogens is 254 g/mol. The quantitative estimate of drug-likeness (QED) is 0.819. The number of amides is 1. The number of aromatic nitrogens is 1. The van der Waals surface area contributed by atoms with Gasteiger partial charge in [0.1, 0.15) is 11.8 Å². The van der Waals surface area contributed by atoms with Crippen molar-refractivity contribution in [3.8, 4) is 0 Å². The minimum atomic E-state index is -0.220. The second-order valence-electron chi connectivity index (χ2n) is 4.84. The summed E-state index contributed by atoms with van der Waals surface area (Å²) in [7, 11) is 0. The van der Waals surface area contributed by atoms with Gasteiger partial charge in [0.25, 0.3) is 0 Å². The number of aryl methyl sites for hydroxylation is 2. The normalized spacial score (nSPS) is 12.1. The summed E-state index contributed by atoms with van der Waals surface area (Å²) in [5, 5.41) is 2.87. The summed E-state index contributed by atoms with van der Waals surface area (Å²) in [6, 6.07) is 7.33. The highest BCUT2D eigenvalue weighted by Gasteiger charge is 2.14. The van der Waals surface area contributed by atoms with Crippen LogP contribution in [0.5, 0.6) is 0 Å². The molecule has 1 aromatic heterocycles. The number of benzene rings is 1. The summed E-state index contributed by atoms with van der Waals surface area (Å²) < 4.78 is 5.38. The van der Waals surface area contributed by atoms with Gasteiger partial charge in [-0.1, -0.05) is 12.1 Å². The lowest BCUT2D eigenvalue weighted by molar-refractivity contribution is -0.121. The molecule has 5 heteroatoms. The predicted octanol–water partition coefficient (Wildman–Crippen LogP) is 2.38.